The quantitative estimate of drug-likeness (QED) is 0.272. The van der Waals surface area contributed by atoms with Gasteiger partial charge < -0.3 is 9.64 Å². The summed E-state index contributed by atoms with van der Waals surface area (Å²) < 4.78 is 5.58. The van der Waals surface area contributed by atoms with E-state index in [0.29, 0.717) is 29.2 Å². The zero-order valence-corrected chi connectivity index (χ0v) is 20.2. The maximum absolute atomic E-state index is 13.0. The topological polar surface area (TPSA) is 84.0 Å². The lowest BCUT2D eigenvalue weighted by molar-refractivity contribution is -0.139. The van der Waals surface area contributed by atoms with Crippen LogP contribution in [0.4, 0.5) is 11.4 Å². The Hall–Kier alpha value is -3.45. The first-order valence-electron chi connectivity index (χ1n) is 11.6. The normalized spacial score (nSPS) is 24.0. The Morgan fingerprint density at radius 3 is 2.51 bits per heavy atom. The third kappa shape index (κ3) is 4.25. The van der Waals surface area contributed by atoms with Gasteiger partial charge in [0.25, 0.3) is 0 Å². The molecule has 0 saturated carbocycles. The van der Waals surface area contributed by atoms with Gasteiger partial charge in [-0.15, -0.1) is 0 Å². The number of carbonyl (C=O) groups is 4. The van der Waals surface area contributed by atoms with Gasteiger partial charge >= 0.3 is 5.97 Å². The van der Waals surface area contributed by atoms with E-state index in [-0.39, 0.29) is 48.3 Å². The minimum atomic E-state index is -0.641. The smallest absolute Gasteiger partial charge is 0.316 e. The number of nitrogens with zero attached hydrogens (tertiary/aromatic N) is 2. The number of rotatable bonds is 4. The second-order valence-corrected chi connectivity index (χ2v) is 9.88. The molecule has 2 saturated heterocycles. The minimum absolute atomic E-state index is 0.0306. The highest BCUT2D eigenvalue weighted by Crippen LogP contribution is 2.40. The van der Waals surface area contributed by atoms with Crippen LogP contribution in [0.1, 0.15) is 31.7 Å². The van der Waals surface area contributed by atoms with E-state index in [1.54, 1.807) is 30.3 Å². The summed E-state index contributed by atoms with van der Waals surface area (Å²) in [6, 6.07) is 11.8. The van der Waals surface area contributed by atoms with Crippen molar-refractivity contribution in [1.29, 1.82) is 0 Å². The molecule has 0 spiro atoms. The maximum Gasteiger partial charge on any atom is 0.316 e. The summed E-state index contributed by atoms with van der Waals surface area (Å²) in [7, 11) is 0. The van der Waals surface area contributed by atoms with Crippen LogP contribution in [-0.2, 0) is 19.2 Å². The lowest BCUT2D eigenvalue weighted by atomic mass is 9.82. The van der Waals surface area contributed by atoms with Crippen LogP contribution in [0.25, 0.3) is 0 Å². The Bertz CT molecular complexity index is 1290. The van der Waals surface area contributed by atoms with Crippen molar-refractivity contribution in [1.82, 2.24) is 0 Å². The summed E-state index contributed by atoms with van der Waals surface area (Å²) in [5.41, 5.74) is 3.04. The Kier molecular flexibility index (Phi) is 5.97. The number of ether oxygens (including phenoxy) is 1. The number of carbonyl (C=O) groups excluding carboxylic acids is 4. The number of hydrogen-bond donors (Lipinski definition) is 0. The summed E-state index contributed by atoms with van der Waals surface area (Å²) in [6.07, 6.45) is 3.19. The van der Waals surface area contributed by atoms with E-state index in [9.17, 15) is 19.2 Å². The molecular formula is C27H25ClN2O5. The average molecular weight is 493 g/mol. The predicted octanol–water partition coefficient (Wildman–Crippen LogP) is 4.45. The van der Waals surface area contributed by atoms with Crippen molar-refractivity contribution in [3.8, 4) is 5.75 Å². The monoisotopic (exact) mass is 492 g/mol. The average Bonchev–Trinajstić information content (AvgIpc) is 3.33. The minimum Gasteiger partial charge on any atom is -0.426 e. The molecule has 3 aliphatic rings. The summed E-state index contributed by atoms with van der Waals surface area (Å²) in [5, 5.41) is 0.551. The molecule has 2 heterocycles. The molecule has 0 N–H and O–H groups in total. The number of anilines is 2. The van der Waals surface area contributed by atoms with E-state index in [4.69, 9.17) is 16.3 Å². The van der Waals surface area contributed by atoms with Crippen molar-refractivity contribution in [2.24, 2.45) is 17.8 Å². The van der Waals surface area contributed by atoms with E-state index in [2.05, 4.69) is 0 Å². The molecule has 7 nitrogen and oxygen atoms in total. The van der Waals surface area contributed by atoms with E-state index < -0.39 is 11.9 Å². The highest BCUT2D eigenvalue weighted by molar-refractivity contribution is 6.31. The Labute approximate surface area is 208 Å². The zero-order chi connectivity index (χ0) is 24.9. The number of imide groups is 1. The SMILES string of the molecule is CC1=CC[C@@H]2C(=O)N(c3cccc(OC(=O)[C@@H]4CC(=O)N(c5ccc(C)c(Cl)c5)C4)c3)C(=O)[C@@H]2C1. The van der Waals surface area contributed by atoms with E-state index in [1.807, 2.05) is 26.0 Å². The molecular weight excluding hydrogens is 468 g/mol. The number of allylic oxidation sites excluding steroid dienone is 2. The van der Waals surface area contributed by atoms with Gasteiger partial charge in [-0.05, 0) is 56.5 Å². The Morgan fingerprint density at radius 1 is 0.971 bits per heavy atom. The maximum atomic E-state index is 13.0. The standard InChI is InChI=1S/C27H25ClN2O5/c1-15-6-9-21-22(10-15)26(33)30(25(21)32)19-4-3-5-20(12-19)35-27(34)17-11-24(31)29(14-17)18-8-7-16(2)23(28)13-18/h3-8,12-13,17,21-22H,9-11,14H2,1-2H3/t17-,21+,22-/m1/s1. The molecule has 2 aliphatic heterocycles. The fourth-order valence-electron chi connectivity index (χ4n) is 5.04. The fourth-order valence-corrected chi connectivity index (χ4v) is 5.22. The summed E-state index contributed by atoms with van der Waals surface area (Å²) in [5.74, 6) is -2.26. The van der Waals surface area contributed by atoms with Gasteiger partial charge in [0.2, 0.25) is 17.7 Å². The Balaban J connectivity index is 1.29. The molecule has 5 rings (SSSR count). The van der Waals surface area contributed by atoms with Gasteiger partial charge in [-0.1, -0.05) is 35.4 Å². The van der Waals surface area contributed by atoms with Crippen LogP contribution < -0.4 is 14.5 Å². The molecule has 1 aliphatic carbocycles. The first-order valence-corrected chi connectivity index (χ1v) is 12.0. The highest BCUT2D eigenvalue weighted by atomic mass is 35.5. The van der Waals surface area contributed by atoms with Crippen LogP contribution in [0.3, 0.4) is 0 Å². The number of aryl methyl sites for hydroxylation is 1. The van der Waals surface area contributed by atoms with Gasteiger partial charge in [0.1, 0.15) is 5.75 Å². The van der Waals surface area contributed by atoms with Crippen molar-refractivity contribution in [2.45, 2.75) is 33.1 Å². The molecule has 180 valence electrons. The molecule has 0 aromatic heterocycles. The van der Waals surface area contributed by atoms with E-state index in [1.165, 1.54) is 15.9 Å². The van der Waals surface area contributed by atoms with Crippen LogP contribution >= 0.6 is 11.6 Å². The first-order chi connectivity index (χ1) is 16.7. The van der Waals surface area contributed by atoms with Crippen molar-refractivity contribution < 1.29 is 23.9 Å². The molecule has 0 radical (unpaired) electrons. The molecule has 2 fully saturated rings. The van der Waals surface area contributed by atoms with Crippen LogP contribution in [0.2, 0.25) is 5.02 Å². The largest absolute Gasteiger partial charge is 0.426 e. The second kappa shape index (κ2) is 8.96. The van der Waals surface area contributed by atoms with E-state index >= 15 is 0 Å². The molecule has 0 unspecified atom stereocenters. The highest BCUT2D eigenvalue weighted by Gasteiger charge is 2.48. The predicted molar refractivity (Wildman–Crippen MR) is 131 cm³/mol. The van der Waals surface area contributed by atoms with Crippen LogP contribution in [0.15, 0.2) is 54.1 Å². The molecule has 3 amide bonds. The van der Waals surface area contributed by atoms with Gasteiger partial charge in [0.15, 0.2) is 0 Å². The summed E-state index contributed by atoms with van der Waals surface area (Å²) >= 11 is 6.20. The lowest BCUT2D eigenvalue weighted by Gasteiger charge is -2.18. The number of esters is 1. The first kappa shape index (κ1) is 23.3. The zero-order valence-electron chi connectivity index (χ0n) is 19.5. The second-order valence-electron chi connectivity index (χ2n) is 9.47. The molecule has 2 aromatic carbocycles. The summed E-state index contributed by atoms with van der Waals surface area (Å²) in [6.45, 7) is 4.04. The molecule has 2 aromatic rings. The number of hydrogen-bond acceptors (Lipinski definition) is 5. The lowest BCUT2D eigenvalue weighted by Crippen LogP contribution is -2.31. The number of halogens is 1. The number of amides is 3. The van der Waals surface area contributed by atoms with Crippen LogP contribution in [0, 0.1) is 24.7 Å². The number of fused-ring (bicyclic) bond motifs is 1. The third-order valence-corrected chi connectivity index (χ3v) is 7.45. The van der Waals surface area contributed by atoms with Gasteiger partial charge in [-0.2, -0.15) is 0 Å². The molecule has 3 atom stereocenters. The fraction of sp³-hybridized carbons (Fsp3) is 0.333. The van der Waals surface area contributed by atoms with Crippen molar-refractivity contribution in [3.63, 3.8) is 0 Å². The van der Waals surface area contributed by atoms with Crippen molar-refractivity contribution in [2.75, 3.05) is 16.3 Å². The van der Waals surface area contributed by atoms with Crippen molar-refractivity contribution in [3.05, 3.63) is 64.7 Å². The Morgan fingerprint density at radius 2 is 1.74 bits per heavy atom. The van der Waals surface area contributed by atoms with Gasteiger partial charge in [-0.3, -0.25) is 19.2 Å². The number of benzene rings is 2. The molecule has 0 bridgehead atoms. The van der Waals surface area contributed by atoms with Gasteiger partial charge in [0, 0.05) is 29.7 Å². The van der Waals surface area contributed by atoms with Gasteiger partial charge in [-0.25, -0.2) is 4.90 Å². The molecule has 8 heteroatoms. The van der Waals surface area contributed by atoms with Crippen molar-refractivity contribution >= 4 is 46.7 Å². The van der Waals surface area contributed by atoms with Crippen LogP contribution in [-0.4, -0.2) is 30.2 Å². The summed E-state index contributed by atoms with van der Waals surface area (Å²) in [4.78, 5) is 54.2. The van der Waals surface area contributed by atoms with Gasteiger partial charge in [0.05, 0.1) is 23.4 Å². The van der Waals surface area contributed by atoms with E-state index in [0.717, 1.165) is 11.1 Å². The third-order valence-electron chi connectivity index (χ3n) is 7.04. The molecule has 35 heavy (non-hydrogen) atoms. The van der Waals surface area contributed by atoms with Crippen LogP contribution in [0.5, 0.6) is 5.75 Å².